The predicted octanol–water partition coefficient (Wildman–Crippen LogP) is 2.19. The summed E-state index contributed by atoms with van der Waals surface area (Å²) in [4.78, 5) is 31.1. The van der Waals surface area contributed by atoms with Crippen LogP contribution in [0.25, 0.3) is 4.83 Å². The molecular formula is C14H9N3O2S. The molecule has 20 heavy (non-hydrogen) atoms. The highest BCUT2D eigenvalue weighted by molar-refractivity contribution is 7.15. The molecule has 98 valence electrons. The fourth-order valence-electron chi connectivity index (χ4n) is 2.43. The van der Waals surface area contributed by atoms with E-state index >= 15 is 0 Å². The Morgan fingerprint density at radius 3 is 2.50 bits per heavy atom. The maximum atomic E-state index is 12.3. The van der Waals surface area contributed by atoms with Gasteiger partial charge in [-0.1, -0.05) is 12.1 Å². The zero-order valence-electron chi connectivity index (χ0n) is 10.3. The summed E-state index contributed by atoms with van der Waals surface area (Å²) in [6.45, 7) is 0.212. The molecule has 1 aliphatic rings. The van der Waals surface area contributed by atoms with Gasteiger partial charge < -0.3 is 0 Å². The van der Waals surface area contributed by atoms with Gasteiger partial charge >= 0.3 is 0 Å². The first-order valence-corrected chi connectivity index (χ1v) is 6.98. The molecule has 0 saturated heterocycles. The number of hydrogen-bond donors (Lipinski definition) is 0. The Kier molecular flexibility index (Phi) is 2.28. The summed E-state index contributed by atoms with van der Waals surface area (Å²) in [7, 11) is 0. The van der Waals surface area contributed by atoms with Crippen LogP contribution in [-0.4, -0.2) is 26.1 Å². The maximum absolute atomic E-state index is 12.3. The van der Waals surface area contributed by atoms with Crippen LogP contribution in [0, 0.1) is 0 Å². The van der Waals surface area contributed by atoms with Crippen molar-refractivity contribution in [3.63, 3.8) is 0 Å². The van der Waals surface area contributed by atoms with E-state index in [4.69, 9.17) is 0 Å². The molecule has 0 fully saturated rings. The molecule has 4 rings (SSSR count). The molecule has 1 aromatic carbocycles. The van der Waals surface area contributed by atoms with E-state index in [0.29, 0.717) is 11.1 Å². The normalized spacial score (nSPS) is 14.3. The minimum atomic E-state index is -0.247. The summed E-state index contributed by atoms with van der Waals surface area (Å²) in [5.41, 5.74) is 1.69. The lowest BCUT2D eigenvalue weighted by Gasteiger charge is -2.11. The van der Waals surface area contributed by atoms with Crippen molar-refractivity contribution in [2.45, 2.75) is 6.54 Å². The van der Waals surface area contributed by atoms with Gasteiger partial charge in [0.05, 0.1) is 23.4 Å². The van der Waals surface area contributed by atoms with Gasteiger partial charge in [0.25, 0.3) is 11.8 Å². The van der Waals surface area contributed by atoms with Gasteiger partial charge in [0.1, 0.15) is 11.2 Å². The Bertz CT molecular complexity index is 814. The first kappa shape index (κ1) is 11.4. The fraction of sp³-hybridized carbons (Fsp3) is 0.0714. The van der Waals surface area contributed by atoms with Crippen molar-refractivity contribution in [2.24, 2.45) is 0 Å². The van der Waals surface area contributed by atoms with E-state index in [-0.39, 0.29) is 18.4 Å². The molecule has 0 bridgehead atoms. The second-order valence-corrected chi connectivity index (χ2v) is 5.44. The molecule has 5 nitrogen and oxygen atoms in total. The van der Waals surface area contributed by atoms with Crippen LogP contribution in [0.4, 0.5) is 0 Å². The van der Waals surface area contributed by atoms with Crippen LogP contribution in [0.2, 0.25) is 0 Å². The molecular weight excluding hydrogens is 274 g/mol. The van der Waals surface area contributed by atoms with Crippen LogP contribution in [0.5, 0.6) is 0 Å². The lowest BCUT2D eigenvalue weighted by atomic mass is 10.1. The lowest BCUT2D eigenvalue weighted by Crippen LogP contribution is -2.29. The highest BCUT2D eigenvalue weighted by Gasteiger charge is 2.35. The highest BCUT2D eigenvalue weighted by atomic mass is 32.1. The van der Waals surface area contributed by atoms with Crippen LogP contribution >= 0.6 is 11.3 Å². The molecule has 2 aromatic heterocycles. The number of aromatic nitrogens is 2. The standard InChI is InChI=1S/C14H9N3O2S/c18-12-9-3-1-2-4-10(9)13(19)17(12)7-11-14-16(8-15-11)5-6-20-14/h1-6,8H,7H2. The van der Waals surface area contributed by atoms with Crippen molar-refractivity contribution in [3.8, 4) is 0 Å². The summed E-state index contributed by atoms with van der Waals surface area (Å²) in [5, 5.41) is 1.95. The highest BCUT2D eigenvalue weighted by Crippen LogP contribution is 2.25. The Balaban J connectivity index is 1.73. The van der Waals surface area contributed by atoms with Crippen LogP contribution in [0.15, 0.2) is 42.2 Å². The van der Waals surface area contributed by atoms with Gasteiger partial charge in [-0.25, -0.2) is 4.98 Å². The Hall–Kier alpha value is -2.47. The zero-order valence-corrected chi connectivity index (χ0v) is 11.1. The summed E-state index contributed by atoms with van der Waals surface area (Å²) >= 11 is 1.54. The molecule has 2 amide bonds. The van der Waals surface area contributed by atoms with Crippen molar-refractivity contribution >= 4 is 28.0 Å². The van der Waals surface area contributed by atoms with E-state index in [0.717, 1.165) is 10.5 Å². The monoisotopic (exact) mass is 283 g/mol. The minimum absolute atomic E-state index is 0.212. The number of carbonyl (C=O) groups is 2. The van der Waals surface area contributed by atoms with Crippen molar-refractivity contribution in [1.82, 2.24) is 14.3 Å². The summed E-state index contributed by atoms with van der Waals surface area (Å²) < 4.78 is 1.89. The average Bonchev–Trinajstić information content (AvgIpc) is 3.12. The van der Waals surface area contributed by atoms with Crippen LogP contribution < -0.4 is 0 Å². The van der Waals surface area contributed by atoms with E-state index in [1.165, 1.54) is 4.90 Å². The van der Waals surface area contributed by atoms with Crippen molar-refractivity contribution in [3.05, 3.63) is 59.0 Å². The summed E-state index contributed by atoms with van der Waals surface area (Å²) in [6, 6.07) is 6.90. The number of nitrogens with zero attached hydrogens (tertiary/aromatic N) is 3. The largest absolute Gasteiger partial charge is 0.297 e. The maximum Gasteiger partial charge on any atom is 0.261 e. The third kappa shape index (κ3) is 1.45. The van der Waals surface area contributed by atoms with Gasteiger partial charge in [0.2, 0.25) is 0 Å². The fourth-order valence-corrected chi connectivity index (χ4v) is 3.23. The smallest absolute Gasteiger partial charge is 0.261 e. The number of imidazole rings is 1. The molecule has 0 unspecified atom stereocenters. The number of benzene rings is 1. The number of fused-ring (bicyclic) bond motifs is 2. The molecule has 0 N–H and O–H groups in total. The number of carbonyl (C=O) groups excluding carboxylic acids is 2. The predicted molar refractivity (Wildman–Crippen MR) is 73.7 cm³/mol. The van der Waals surface area contributed by atoms with Gasteiger partial charge in [0, 0.05) is 11.6 Å². The lowest BCUT2D eigenvalue weighted by molar-refractivity contribution is 0.0641. The van der Waals surface area contributed by atoms with Gasteiger partial charge in [0.15, 0.2) is 0 Å². The van der Waals surface area contributed by atoms with Gasteiger partial charge in [-0.15, -0.1) is 11.3 Å². The number of rotatable bonds is 2. The van der Waals surface area contributed by atoms with E-state index in [9.17, 15) is 9.59 Å². The second-order valence-electron chi connectivity index (χ2n) is 4.55. The SMILES string of the molecule is O=C1c2ccccc2C(=O)N1Cc1ncn2ccsc12. The molecule has 1 aliphatic heterocycles. The molecule has 0 atom stereocenters. The van der Waals surface area contributed by atoms with Crippen molar-refractivity contribution in [2.75, 3.05) is 0 Å². The third-order valence-electron chi connectivity index (χ3n) is 3.41. The summed E-state index contributed by atoms with van der Waals surface area (Å²) in [6.07, 6.45) is 3.60. The van der Waals surface area contributed by atoms with Gasteiger partial charge in [-0.2, -0.15) is 0 Å². The van der Waals surface area contributed by atoms with Crippen molar-refractivity contribution < 1.29 is 9.59 Å². The quantitative estimate of drug-likeness (QED) is 0.677. The Morgan fingerprint density at radius 2 is 1.80 bits per heavy atom. The van der Waals surface area contributed by atoms with Crippen LogP contribution in [0.1, 0.15) is 26.4 Å². The minimum Gasteiger partial charge on any atom is -0.297 e. The van der Waals surface area contributed by atoms with Crippen molar-refractivity contribution in [1.29, 1.82) is 0 Å². The molecule has 0 aliphatic carbocycles. The molecule has 0 saturated carbocycles. The van der Waals surface area contributed by atoms with E-state index in [1.807, 2.05) is 16.0 Å². The average molecular weight is 283 g/mol. The van der Waals surface area contributed by atoms with Crippen LogP contribution in [-0.2, 0) is 6.54 Å². The first-order valence-electron chi connectivity index (χ1n) is 6.10. The molecule has 6 heteroatoms. The van der Waals surface area contributed by atoms with Gasteiger partial charge in [-0.3, -0.25) is 18.9 Å². The second kappa shape index (κ2) is 4.01. The molecule has 0 spiro atoms. The molecule has 3 aromatic rings. The number of hydrogen-bond acceptors (Lipinski definition) is 4. The topological polar surface area (TPSA) is 54.7 Å². The Morgan fingerprint density at radius 1 is 1.10 bits per heavy atom. The zero-order chi connectivity index (χ0) is 13.7. The van der Waals surface area contributed by atoms with Crippen LogP contribution in [0.3, 0.4) is 0 Å². The molecule has 3 heterocycles. The van der Waals surface area contributed by atoms with E-state index in [1.54, 1.807) is 41.9 Å². The summed E-state index contributed by atoms with van der Waals surface area (Å²) in [5.74, 6) is -0.494. The van der Waals surface area contributed by atoms with Gasteiger partial charge in [-0.05, 0) is 12.1 Å². The third-order valence-corrected chi connectivity index (χ3v) is 4.33. The molecule has 0 radical (unpaired) electrons. The number of amides is 2. The first-order chi connectivity index (χ1) is 9.75. The number of imide groups is 1. The van der Waals surface area contributed by atoms with E-state index < -0.39 is 0 Å². The van der Waals surface area contributed by atoms with E-state index in [2.05, 4.69) is 4.98 Å². The Labute approximate surface area is 118 Å². The number of thiazole rings is 1.